The van der Waals surface area contributed by atoms with E-state index in [4.69, 9.17) is 0 Å². The number of fused-ring (bicyclic) bond motifs is 5. The molecule has 5 heteroatoms. The van der Waals surface area contributed by atoms with Gasteiger partial charge in [-0.25, -0.2) is 13.4 Å². The highest BCUT2D eigenvalue weighted by molar-refractivity contribution is 7.91. The summed E-state index contributed by atoms with van der Waals surface area (Å²) in [7, 11) is -3.61. The molecule has 0 saturated heterocycles. The molecule has 3 aromatic carbocycles. The zero-order valence-corrected chi connectivity index (χ0v) is 18.0. The molecule has 31 heavy (non-hydrogen) atoms. The van der Waals surface area contributed by atoms with Gasteiger partial charge in [-0.1, -0.05) is 50.2 Å². The van der Waals surface area contributed by atoms with Crippen LogP contribution in [0.4, 0.5) is 0 Å². The van der Waals surface area contributed by atoms with Gasteiger partial charge < -0.3 is 0 Å². The molecule has 2 aromatic heterocycles. The largest absolute Gasteiger partial charge is 0.293 e. The molecule has 0 spiro atoms. The average Bonchev–Trinajstić information content (AvgIpc) is 3.13. The van der Waals surface area contributed by atoms with Crippen LogP contribution in [-0.4, -0.2) is 18.0 Å². The van der Waals surface area contributed by atoms with Crippen LogP contribution in [0.15, 0.2) is 94.9 Å². The van der Waals surface area contributed by atoms with Crippen LogP contribution in [0, 0.1) is 0 Å². The van der Waals surface area contributed by atoms with E-state index in [1.807, 2.05) is 24.3 Å². The molecule has 0 fully saturated rings. The summed E-state index contributed by atoms with van der Waals surface area (Å²) in [5.74, 6) is 0. The number of nitrogens with zero attached hydrogens (tertiary/aromatic N) is 2. The summed E-state index contributed by atoms with van der Waals surface area (Å²) in [6.45, 7) is 4.32. The fourth-order valence-electron chi connectivity index (χ4n) is 4.89. The lowest BCUT2D eigenvalue weighted by Crippen LogP contribution is -2.26. The van der Waals surface area contributed by atoms with Crippen LogP contribution in [0.1, 0.15) is 25.0 Å². The lowest BCUT2D eigenvalue weighted by Gasteiger charge is -2.34. The lowest BCUT2D eigenvalue weighted by atomic mass is 9.75. The van der Waals surface area contributed by atoms with Gasteiger partial charge in [0.25, 0.3) is 0 Å². The first-order chi connectivity index (χ1) is 14.9. The topological polar surface area (TPSA) is 52.0 Å². The Hall–Kier alpha value is -3.44. The van der Waals surface area contributed by atoms with Gasteiger partial charge >= 0.3 is 0 Å². The Bertz CT molecular complexity index is 1610. The van der Waals surface area contributed by atoms with Crippen molar-refractivity contribution in [2.45, 2.75) is 29.1 Å². The van der Waals surface area contributed by atoms with Gasteiger partial charge in [-0.15, -0.1) is 0 Å². The molecule has 0 N–H and O–H groups in total. The van der Waals surface area contributed by atoms with Gasteiger partial charge in [0.1, 0.15) is 5.65 Å². The van der Waals surface area contributed by atoms with Crippen LogP contribution < -0.4 is 0 Å². The Morgan fingerprint density at radius 1 is 0.774 bits per heavy atom. The van der Waals surface area contributed by atoms with Gasteiger partial charge in [0, 0.05) is 22.4 Å². The van der Waals surface area contributed by atoms with E-state index in [2.05, 4.69) is 47.7 Å². The maximum atomic E-state index is 13.3. The van der Waals surface area contributed by atoms with E-state index in [1.54, 1.807) is 36.5 Å². The van der Waals surface area contributed by atoms with Crippen molar-refractivity contribution in [2.24, 2.45) is 0 Å². The number of sulfone groups is 1. The molecular formula is C26H20N2O2S. The predicted molar refractivity (Wildman–Crippen MR) is 123 cm³/mol. The van der Waals surface area contributed by atoms with Crippen molar-refractivity contribution in [3.8, 4) is 5.69 Å². The quantitative estimate of drug-likeness (QED) is 0.368. The highest BCUT2D eigenvalue weighted by Crippen LogP contribution is 2.47. The Morgan fingerprint density at radius 2 is 1.55 bits per heavy atom. The predicted octanol–water partition coefficient (Wildman–Crippen LogP) is 5.65. The van der Waals surface area contributed by atoms with E-state index in [0.717, 1.165) is 27.8 Å². The minimum absolute atomic E-state index is 0.305. The van der Waals surface area contributed by atoms with Crippen molar-refractivity contribution in [1.29, 1.82) is 0 Å². The molecule has 5 aromatic rings. The first-order valence-corrected chi connectivity index (χ1v) is 11.7. The van der Waals surface area contributed by atoms with E-state index < -0.39 is 9.84 Å². The molecule has 0 unspecified atom stereocenters. The smallest absolute Gasteiger partial charge is 0.206 e. The summed E-state index contributed by atoms with van der Waals surface area (Å²) < 4.78 is 28.8. The standard InChI is InChI=1S/C26H20N2O2S/c1-26(2)21-12-6-10-19-20-11-7-15-27-25(20)28(24(19)21)23-14-13-18(16-22(23)26)31(29,30)17-8-4-3-5-9-17/h3-16H,1-2H3. The summed E-state index contributed by atoms with van der Waals surface area (Å²) >= 11 is 0. The van der Waals surface area contributed by atoms with Gasteiger partial charge in [-0.3, -0.25) is 4.57 Å². The third-order valence-electron chi connectivity index (χ3n) is 6.47. The van der Waals surface area contributed by atoms with Crippen molar-refractivity contribution >= 4 is 31.8 Å². The van der Waals surface area contributed by atoms with Crippen LogP contribution in [0.5, 0.6) is 0 Å². The van der Waals surface area contributed by atoms with Gasteiger partial charge in [0.15, 0.2) is 0 Å². The fourth-order valence-corrected chi connectivity index (χ4v) is 6.20. The van der Waals surface area contributed by atoms with Gasteiger partial charge in [-0.2, -0.15) is 0 Å². The van der Waals surface area contributed by atoms with Crippen molar-refractivity contribution in [3.63, 3.8) is 0 Å². The molecule has 4 nitrogen and oxygen atoms in total. The molecule has 0 atom stereocenters. The summed E-state index contributed by atoms with van der Waals surface area (Å²) in [6.07, 6.45) is 1.80. The van der Waals surface area contributed by atoms with E-state index in [-0.39, 0.29) is 5.41 Å². The highest BCUT2D eigenvalue weighted by Gasteiger charge is 2.36. The second-order valence-corrected chi connectivity index (χ2v) is 10.5. The highest BCUT2D eigenvalue weighted by atomic mass is 32.2. The van der Waals surface area contributed by atoms with Crippen LogP contribution in [-0.2, 0) is 15.3 Å². The number of hydrogen-bond acceptors (Lipinski definition) is 3. The van der Waals surface area contributed by atoms with E-state index in [0.29, 0.717) is 9.79 Å². The summed E-state index contributed by atoms with van der Waals surface area (Å²) in [4.78, 5) is 5.29. The van der Waals surface area contributed by atoms with Gasteiger partial charge in [0.05, 0.1) is 21.0 Å². The first-order valence-electron chi connectivity index (χ1n) is 10.2. The average molecular weight is 425 g/mol. The zero-order valence-electron chi connectivity index (χ0n) is 17.2. The fraction of sp³-hybridized carbons (Fsp3) is 0.115. The number of pyridine rings is 1. The second kappa shape index (κ2) is 6.05. The SMILES string of the molecule is CC1(C)c2cc(S(=O)(=O)c3ccccc3)ccc2-n2c3ncccc3c3cccc1c32. The molecule has 0 aliphatic carbocycles. The van der Waals surface area contributed by atoms with Gasteiger partial charge in [-0.05, 0) is 53.6 Å². The van der Waals surface area contributed by atoms with Crippen LogP contribution in [0.25, 0.3) is 27.6 Å². The molecule has 0 saturated carbocycles. The van der Waals surface area contributed by atoms with Crippen LogP contribution in [0.3, 0.4) is 0 Å². The summed E-state index contributed by atoms with van der Waals surface area (Å²) in [5, 5.41) is 2.27. The zero-order chi connectivity index (χ0) is 21.4. The minimum Gasteiger partial charge on any atom is -0.293 e. The van der Waals surface area contributed by atoms with Crippen LogP contribution >= 0.6 is 0 Å². The maximum Gasteiger partial charge on any atom is 0.206 e. The van der Waals surface area contributed by atoms with E-state index >= 15 is 0 Å². The monoisotopic (exact) mass is 424 g/mol. The summed E-state index contributed by atoms with van der Waals surface area (Å²) in [5.41, 5.74) is 4.81. The molecule has 0 radical (unpaired) electrons. The molecule has 1 aliphatic rings. The maximum absolute atomic E-state index is 13.3. The van der Waals surface area contributed by atoms with Crippen LogP contribution in [0.2, 0.25) is 0 Å². The van der Waals surface area contributed by atoms with E-state index in [1.165, 1.54) is 10.9 Å². The van der Waals surface area contributed by atoms with E-state index in [9.17, 15) is 8.42 Å². The molecule has 152 valence electrons. The molecule has 6 rings (SSSR count). The second-order valence-electron chi connectivity index (χ2n) is 8.53. The van der Waals surface area contributed by atoms with Crippen molar-refractivity contribution < 1.29 is 8.42 Å². The Balaban J connectivity index is 1.70. The Kier molecular flexibility index (Phi) is 3.58. The number of hydrogen-bond donors (Lipinski definition) is 0. The lowest BCUT2D eigenvalue weighted by molar-refractivity contribution is 0.594. The Morgan fingerprint density at radius 3 is 2.35 bits per heavy atom. The third kappa shape index (κ3) is 2.35. The number of benzene rings is 3. The normalized spacial score (nSPS) is 14.6. The van der Waals surface area contributed by atoms with Crippen molar-refractivity contribution in [3.05, 3.63) is 96.2 Å². The molecule has 0 bridgehead atoms. The third-order valence-corrected chi connectivity index (χ3v) is 8.24. The first kappa shape index (κ1) is 18.3. The van der Waals surface area contributed by atoms with Crippen molar-refractivity contribution in [1.82, 2.24) is 9.55 Å². The molecule has 3 heterocycles. The number of para-hydroxylation sites is 1. The van der Waals surface area contributed by atoms with Crippen molar-refractivity contribution in [2.75, 3.05) is 0 Å². The Labute approximate surface area is 180 Å². The minimum atomic E-state index is -3.61. The molecule has 1 aliphatic heterocycles. The molecule has 0 amide bonds. The number of rotatable bonds is 2. The summed E-state index contributed by atoms with van der Waals surface area (Å²) in [6, 6.07) is 24.5. The molecular weight excluding hydrogens is 404 g/mol. The number of aromatic nitrogens is 2. The van der Waals surface area contributed by atoms with Gasteiger partial charge in [0.2, 0.25) is 9.84 Å².